The molecule has 2 N–H and O–H groups in total. The Hall–Kier alpha value is -1.03. The Morgan fingerprint density at radius 3 is 3.00 bits per heavy atom. The predicted molar refractivity (Wildman–Crippen MR) is 43.0 cm³/mol. The first-order chi connectivity index (χ1) is 5.24. The van der Waals surface area contributed by atoms with Crippen LogP contribution in [0.4, 0.5) is 5.82 Å². The van der Waals surface area contributed by atoms with E-state index in [-0.39, 0.29) is 6.23 Å². The first kappa shape index (κ1) is 8.07. The molecule has 0 aliphatic heterocycles. The van der Waals surface area contributed by atoms with Gasteiger partial charge in [0.2, 0.25) is 0 Å². The molecule has 0 saturated carbocycles. The van der Waals surface area contributed by atoms with Crippen LogP contribution in [0.2, 0.25) is 0 Å². The third kappa shape index (κ3) is 1.94. The SMILES string of the molecule is CCO[C@@H](C)n1ccc(N)n1. The van der Waals surface area contributed by atoms with Gasteiger partial charge in [0.1, 0.15) is 12.0 Å². The third-order valence-electron chi connectivity index (χ3n) is 1.41. The molecule has 0 saturated heterocycles. The van der Waals surface area contributed by atoms with Gasteiger partial charge in [-0.05, 0) is 13.8 Å². The van der Waals surface area contributed by atoms with Crippen molar-refractivity contribution in [2.75, 3.05) is 12.3 Å². The molecule has 1 atom stereocenters. The van der Waals surface area contributed by atoms with E-state index >= 15 is 0 Å². The molecule has 0 radical (unpaired) electrons. The Bertz CT molecular complexity index is 221. The summed E-state index contributed by atoms with van der Waals surface area (Å²) in [5.41, 5.74) is 5.43. The van der Waals surface area contributed by atoms with E-state index in [0.29, 0.717) is 12.4 Å². The molecular formula is C7H13N3O. The Kier molecular flexibility index (Phi) is 2.48. The highest BCUT2D eigenvalue weighted by molar-refractivity contribution is 5.23. The number of anilines is 1. The van der Waals surface area contributed by atoms with Gasteiger partial charge in [-0.3, -0.25) is 0 Å². The highest BCUT2D eigenvalue weighted by Crippen LogP contribution is 2.07. The second kappa shape index (κ2) is 3.39. The number of nitrogens with zero attached hydrogens (tertiary/aromatic N) is 2. The molecule has 0 aliphatic rings. The number of ether oxygens (including phenoxy) is 1. The van der Waals surface area contributed by atoms with Gasteiger partial charge < -0.3 is 10.5 Å². The Morgan fingerprint density at radius 2 is 2.55 bits per heavy atom. The van der Waals surface area contributed by atoms with E-state index in [2.05, 4.69) is 5.10 Å². The van der Waals surface area contributed by atoms with Crippen molar-refractivity contribution in [3.63, 3.8) is 0 Å². The summed E-state index contributed by atoms with van der Waals surface area (Å²) in [6.07, 6.45) is 1.77. The van der Waals surface area contributed by atoms with Crippen LogP contribution in [0.1, 0.15) is 20.1 Å². The largest absolute Gasteiger partial charge is 0.382 e. The maximum Gasteiger partial charge on any atom is 0.147 e. The predicted octanol–water partition coefficient (Wildman–Crippen LogP) is 1.02. The molecule has 1 heterocycles. The van der Waals surface area contributed by atoms with Crippen LogP contribution in [0.5, 0.6) is 0 Å². The zero-order valence-corrected chi connectivity index (χ0v) is 6.82. The lowest BCUT2D eigenvalue weighted by Gasteiger charge is -2.10. The first-order valence-corrected chi connectivity index (χ1v) is 3.66. The molecule has 11 heavy (non-hydrogen) atoms. The molecule has 62 valence electrons. The topological polar surface area (TPSA) is 53.1 Å². The summed E-state index contributed by atoms with van der Waals surface area (Å²) in [6.45, 7) is 4.56. The van der Waals surface area contributed by atoms with Crippen LogP contribution in [-0.4, -0.2) is 16.4 Å². The van der Waals surface area contributed by atoms with E-state index in [9.17, 15) is 0 Å². The standard InChI is InChI=1S/C7H13N3O/c1-3-11-6(2)10-5-4-7(8)9-10/h4-6H,3H2,1-2H3,(H2,8,9)/t6-/m0/s1. The number of aromatic nitrogens is 2. The van der Waals surface area contributed by atoms with E-state index < -0.39 is 0 Å². The van der Waals surface area contributed by atoms with Crippen molar-refractivity contribution in [1.29, 1.82) is 0 Å². The van der Waals surface area contributed by atoms with Crippen molar-refractivity contribution in [3.05, 3.63) is 12.3 Å². The van der Waals surface area contributed by atoms with Gasteiger partial charge in [-0.1, -0.05) is 0 Å². The van der Waals surface area contributed by atoms with Gasteiger partial charge in [-0.2, -0.15) is 5.10 Å². The molecule has 4 nitrogen and oxygen atoms in total. The van der Waals surface area contributed by atoms with Crippen LogP contribution >= 0.6 is 0 Å². The fourth-order valence-corrected chi connectivity index (χ4v) is 0.873. The summed E-state index contributed by atoms with van der Waals surface area (Å²) in [4.78, 5) is 0. The fourth-order valence-electron chi connectivity index (χ4n) is 0.873. The Labute approximate surface area is 66.0 Å². The highest BCUT2D eigenvalue weighted by Gasteiger charge is 2.02. The molecule has 0 amide bonds. The van der Waals surface area contributed by atoms with Crippen molar-refractivity contribution in [1.82, 2.24) is 9.78 Å². The summed E-state index contributed by atoms with van der Waals surface area (Å²) >= 11 is 0. The first-order valence-electron chi connectivity index (χ1n) is 3.66. The number of hydrogen-bond donors (Lipinski definition) is 1. The summed E-state index contributed by atoms with van der Waals surface area (Å²) in [5.74, 6) is 0.525. The van der Waals surface area contributed by atoms with Gasteiger partial charge in [0.15, 0.2) is 0 Å². The molecule has 0 bridgehead atoms. The smallest absolute Gasteiger partial charge is 0.147 e. The molecule has 4 heteroatoms. The Morgan fingerprint density at radius 1 is 1.82 bits per heavy atom. The highest BCUT2D eigenvalue weighted by atomic mass is 16.5. The number of hydrogen-bond acceptors (Lipinski definition) is 3. The molecule has 0 spiro atoms. The van der Waals surface area contributed by atoms with E-state index in [1.807, 2.05) is 13.8 Å². The zero-order valence-electron chi connectivity index (χ0n) is 6.82. The van der Waals surface area contributed by atoms with Crippen molar-refractivity contribution >= 4 is 5.82 Å². The fraction of sp³-hybridized carbons (Fsp3) is 0.571. The Balaban J connectivity index is 2.60. The maximum absolute atomic E-state index is 5.43. The number of rotatable bonds is 3. The average Bonchev–Trinajstić information content (AvgIpc) is 2.36. The molecule has 0 aromatic carbocycles. The minimum Gasteiger partial charge on any atom is -0.382 e. The summed E-state index contributed by atoms with van der Waals surface area (Å²) in [5, 5.41) is 4.00. The second-order valence-electron chi connectivity index (χ2n) is 2.28. The van der Waals surface area contributed by atoms with Crippen LogP contribution in [0.15, 0.2) is 12.3 Å². The molecule has 0 unspecified atom stereocenters. The molecule has 1 aromatic heterocycles. The van der Waals surface area contributed by atoms with Crippen LogP contribution in [0, 0.1) is 0 Å². The van der Waals surface area contributed by atoms with Gasteiger partial charge in [0, 0.05) is 18.9 Å². The van der Waals surface area contributed by atoms with Crippen molar-refractivity contribution < 1.29 is 4.74 Å². The third-order valence-corrected chi connectivity index (χ3v) is 1.41. The quantitative estimate of drug-likeness (QED) is 0.709. The van der Waals surface area contributed by atoms with Gasteiger partial charge in [0.05, 0.1) is 0 Å². The second-order valence-corrected chi connectivity index (χ2v) is 2.28. The lowest BCUT2D eigenvalue weighted by Crippen LogP contribution is -2.09. The van der Waals surface area contributed by atoms with Gasteiger partial charge in [-0.15, -0.1) is 0 Å². The summed E-state index contributed by atoms with van der Waals surface area (Å²) in [7, 11) is 0. The normalized spacial score (nSPS) is 13.3. The van der Waals surface area contributed by atoms with Gasteiger partial charge >= 0.3 is 0 Å². The lowest BCUT2D eigenvalue weighted by molar-refractivity contribution is 0.0161. The molecular weight excluding hydrogens is 142 g/mol. The molecule has 1 aromatic rings. The maximum atomic E-state index is 5.43. The van der Waals surface area contributed by atoms with E-state index in [1.165, 1.54) is 0 Å². The lowest BCUT2D eigenvalue weighted by atomic mass is 10.6. The van der Waals surface area contributed by atoms with E-state index in [0.717, 1.165) is 0 Å². The summed E-state index contributed by atoms with van der Waals surface area (Å²) < 4.78 is 6.98. The molecule has 0 fully saturated rings. The van der Waals surface area contributed by atoms with E-state index in [4.69, 9.17) is 10.5 Å². The zero-order chi connectivity index (χ0) is 8.27. The van der Waals surface area contributed by atoms with Crippen molar-refractivity contribution in [2.24, 2.45) is 0 Å². The van der Waals surface area contributed by atoms with Crippen LogP contribution in [0.3, 0.4) is 0 Å². The van der Waals surface area contributed by atoms with Gasteiger partial charge in [-0.25, -0.2) is 4.68 Å². The van der Waals surface area contributed by atoms with Crippen molar-refractivity contribution in [2.45, 2.75) is 20.1 Å². The number of nitrogen functional groups attached to an aromatic ring is 1. The van der Waals surface area contributed by atoms with Crippen LogP contribution < -0.4 is 5.73 Å². The minimum absolute atomic E-state index is 0.0303. The van der Waals surface area contributed by atoms with Crippen molar-refractivity contribution in [3.8, 4) is 0 Å². The monoisotopic (exact) mass is 155 g/mol. The number of nitrogens with two attached hydrogens (primary N) is 1. The average molecular weight is 155 g/mol. The van der Waals surface area contributed by atoms with Crippen LogP contribution in [-0.2, 0) is 4.74 Å². The van der Waals surface area contributed by atoms with E-state index in [1.54, 1.807) is 16.9 Å². The summed E-state index contributed by atoms with van der Waals surface area (Å²) in [6, 6.07) is 1.75. The van der Waals surface area contributed by atoms with Gasteiger partial charge in [0.25, 0.3) is 0 Å². The van der Waals surface area contributed by atoms with Crippen LogP contribution in [0.25, 0.3) is 0 Å². The molecule has 0 aliphatic carbocycles. The minimum atomic E-state index is -0.0303. The molecule has 1 rings (SSSR count).